The van der Waals surface area contributed by atoms with Crippen molar-refractivity contribution in [2.75, 3.05) is 0 Å². The molecular formula is C12H17NO2. The summed E-state index contributed by atoms with van der Waals surface area (Å²) in [5, 5.41) is 10.1. The van der Waals surface area contributed by atoms with Crippen LogP contribution in [0.3, 0.4) is 0 Å². The minimum absolute atomic E-state index is 0.111. The summed E-state index contributed by atoms with van der Waals surface area (Å²) in [7, 11) is 0. The first-order valence-corrected chi connectivity index (χ1v) is 5.35. The number of ether oxygens (including phenoxy) is 1. The van der Waals surface area contributed by atoms with Gasteiger partial charge in [-0.15, -0.1) is 0 Å². The van der Waals surface area contributed by atoms with E-state index in [2.05, 4.69) is 18.8 Å². The van der Waals surface area contributed by atoms with Crippen LogP contribution in [0.4, 0.5) is 0 Å². The third-order valence-corrected chi connectivity index (χ3v) is 2.84. The Labute approximate surface area is 90.1 Å². The highest BCUT2D eigenvalue weighted by atomic mass is 16.5. The van der Waals surface area contributed by atoms with Gasteiger partial charge < -0.3 is 9.84 Å². The number of hydrogen-bond donors (Lipinski definition) is 1. The normalized spacial score (nSPS) is 26.5. The number of rotatable bonds is 2. The number of aliphatic hydroxyl groups excluding tert-OH is 1. The molecule has 2 heterocycles. The maximum atomic E-state index is 10.1. The molecule has 82 valence electrons. The lowest BCUT2D eigenvalue weighted by Crippen LogP contribution is -2.24. The Hall–Kier alpha value is -0.930. The van der Waals surface area contributed by atoms with E-state index >= 15 is 0 Å². The van der Waals surface area contributed by atoms with Crippen LogP contribution >= 0.6 is 0 Å². The second-order valence-corrected chi connectivity index (χ2v) is 4.65. The Balaban J connectivity index is 2.07. The quantitative estimate of drug-likeness (QED) is 0.807. The largest absolute Gasteiger partial charge is 0.384 e. The van der Waals surface area contributed by atoms with Crippen LogP contribution in [0.1, 0.15) is 38.5 Å². The van der Waals surface area contributed by atoms with Gasteiger partial charge in [0.25, 0.3) is 0 Å². The van der Waals surface area contributed by atoms with E-state index in [9.17, 15) is 5.11 Å². The molecule has 2 rings (SSSR count). The monoisotopic (exact) mass is 207 g/mol. The third kappa shape index (κ3) is 2.36. The van der Waals surface area contributed by atoms with Gasteiger partial charge in [-0.25, -0.2) is 0 Å². The van der Waals surface area contributed by atoms with Gasteiger partial charge >= 0.3 is 0 Å². The second kappa shape index (κ2) is 3.91. The van der Waals surface area contributed by atoms with Crippen molar-refractivity contribution in [3.05, 3.63) is 30.1 Å². The number of nitrogens with zero attached hydrogens (tertiary/aromatic N) is 1. The van der Waals surface area contributed by atoms with E-state index < -0.39 is 6.10 Å². The molecule has 0 amide bonds. The summed E-state index contributed by atoms with van der Waals surface area (Å²) in [5.41, 5.74) is 0.584. The first kappa shape index (κ1) is 10.6. The van der Waals surface area contributed by atoms with Crippen LogP contribution in [0.25, 0.3) is 0 Å². The van der Waals surface area contributed by atoms with Crippen LogP contribution in [0.5, 0.6) is 0 Å². The first-order valence-electron chi connectivity index (χ1n) is 5.35. The maximum Gasteiger partial charge on any atom is 0.122 e. The van der Waals surface area contributed by atoms with Gasteiger partial charge in [0.15, 0.2) is 0 Å². The van der Waals surface area contributed by atoms with Crippen LogP contribution in [-0.2, 0) is 4.74 Å². The smallest absolute Gasteiger partial charge is 0.122 e. The van der Waals surface area contributed by atoms with Gasteiger partial charge in [0.1, 0.15) is 6.10 Å². The molecule has 1 N–H and O–H groups in total. The van der Waals surface area contributed by atoms with E-state index in [1.807, 2.05) is 18.2 Å². The van der Waals surface area contributed by atoms with Crippen LogP contribution in [-0.4, -0.2) is 21.8 Å². The van der Waals surface area contributed by atoms with Gasteiger partial charge in [0.05, 0.1) is 17.4 Å². The molecule has 2 unspecified atom stereocenters. The molecule has 1 saturated heterocycles. The van der Waals surface area contributed by atoms with Crippen molar-refractivity contribution in [2.24, 2.45) is 0 Å². The van der Waals surface area contributed by atoms with Crippen LogP contribution in [0.15, 0.2) is 24.4 Å². The number of hydrogen-bond acceptors (Lipinski definition) is 3. The summed E-state index contributed by atoms with van der Waals surface area (Å²) in [6.45, 7) is 4.11. The zero-order chi connectivity index (χ0) is 10.9. The van der Waals surface area contributed by atoms with Gasteiger partial charge in [0.2, 0.25) is 0 Å². The Morgan fingerprint density at radius 2 is 2.33 bits per heavy atom. The average Bonchev–Trinajstić information content (AvgIpc) is 2.59. The molecule has 15 heavy (non-hydrogen) atoms. The van der Waals surface area contributed by atoms with E-state index in [0.29, 0.717) is 5.69 Å². The summed E-state index contributed by atoms with van der Waals surface area (Å²) in [6, 6.07) is 5.56. The van der Waals surface area contributed by atoms with E-state index in [4.69, 9.17) is 4.74 Å². The minimum Gasteiger partial charge on any atom is -0.384 e. The predicted octanol–water partition coefficient (Wildman–Crippen LogP) is 2.07. The third-order valence-electron chi connectivity index (χ3n) is 2.84. The summed E-state index contributed by atoms with van der Waals surface area (Å²) < 4.78 is 5.77. The molecule has 1 aromatic rings. The summed E-state index contributed by atoms with van der Waals surface area (Å²) in [6.07, 6.45) is 2.85. The first-order chi connectivity index (χ1) is 7.08. The Kier molecular flexibility index (Phi) is 2.76. The Morgan fingerprint density at radius 1 is 1.53 bits per heavy atom. The van der Waals surface area contributed by atoms with Gasteiger partial charge in [-0.2, -0.15) is 0 Å². The van der Waals surface area contributed by atoms with Crippen molar-refractivity contribution in [2.45, 2.75) is 44.5 Å². The van der Waals surface area contributed by atoms with Gasteiger partial charge in [-0.05, 0) is 38.8 Å². The fourth-order valence-corrected chi connectivity index (χ4v) is 1.98. The van der Waals surface area contributed by atoms with Crippen molar-refractivity contribution >= 4 is 0 Å². The Morgan fingerprint density at radius 3 is 2.87 bits per heavy atom. The molecule has 1 aromatic heterocycles. The summed E-state index contributed by atoms with van der Waals surface area (Å²) in [5.74, 6) is 0. The van der Waals surface area contributed by atoms with Crippen molar-refractivity contribution in [3.8, 4) is 0 Å². The molecule has 0 bridgehead atoms. The van der Waals surface area contributed by atoms with Crippen LogP contribution in [0.2, 0.25) is 0 Å². The van der Waals surface area contributed by atoms with Crippen molar-refractivity contribution in [1.29, 1.82) is 0 Å². The minimum atomic E-state index is -0.604. The van der Waals surface area contributed by atoms with Gasteiger partial charge in [0, 0.05) is 6.20 Å². The number of aliphatic hydroxyl groups is 1. The summed E-state index contributed by atoms with van der Waals surface area (Å²) in [4.78, 5) is 4.14. The SMILES string of the molecule is CC1(C)CCC(C(O)c2ccccn2)O1. The molecule has 0 radical (unpaired) electrons. The molecule has 3 nitrogen and oxygen atoms in total. The second-order valence-electron chi connectivity index (χ2n) is 4.65. The highest BCUT2D eigenvalue weighted by Crippen LogP contribution is 2.35. The highest BCUT2D eigenvalue weighted by Gasteiger charge is 2.36. The van der Waals surface area contributed by atoms with E-state index in [1.165, 1.54) is 0 Å². The molecule has 0 aliphatic carbocycles. The van der Waals surface area contributed by atoms with Crippen molar-refractivity contribution in [1.82, 2.24) is 4.98 Å². The summed E-state index contributed by atoms with van der Waals surface area (Å²) >= 11 is 0. The molecular weight excluding hydrogens is 190 g/mol. The molecule has 1 aliphatic heterocycles. The lowest BCUT2D eigenvalue weighted by atomic mass is 10.0. The zero-order valence-electron chi connectivity index (χ0n) is 9.18. The topological polar surface area (TPSA) is 42.4 Å². The van der Waals surface area contributed by atoms with E-state index in [-0.39, 0.29) is 11.7 Å². The number of aromatic nitrogens is 1. The van der Waals surface area contributed by atoms with E-state index in [1.54, 1.807) is 6.20 Å². The van der Waals surface area contributed by atoms with Crippen LogP contribution in [0, 0.1) is 0 Å². The van der Waals surface area contributed by atoms with Crippen molar-refractivity contribution < 1.29 is 9.84 Å². The predicted molar refractivity (Wildman–Crippen MR) is 57.4 cm³/mol. The van der Waals surface area contributed by atoms with Crippen LogP contribution < -0.4 is 0 Å². The van der Waals surface area contributed by atoms with Crippen molar-refractivity contribution in [3.63, 3.8) is 0 Å². The molecule has 1 aliphatic rings. The molecule has 2 atom stereocenters. The fraction of sp³-hybridized carbons (Fsp3) is 0.583. The molecule has 3 heteroatoms. The molecule has 0 saturated carbocycles. The molecule has 0 spiro atoms. The lowest BCUT2D eigenvalue weighted by molar-refractivity contribution is -0.0731. The molecule has 0 aromatic carbocycles. The molecule has 1 fully saturated rings. The van der Waals surface area contributed by atoms with E-state index in [0.717, 1.165) is 12.8 Å². The average molecular weight is 207 g/mol. The highest BCUT2D eigenvalue weighted by molar-refractivity contribution is 5.09. The Bertz CT molecular complexity index is 324. The maximum absolute atomic E-state index is 10.1. The zero-order valence-corrected chi connectivity index (χ0v) is 9.18. The fourth-order valence-electron chi connectivity index (χ4n) is 1.98. The van der Waals surface area contributed by atoms with Gasteiger partial charge in [-0.1, -0.05) is 6.07 Å². The lowest BCUT2D eigenvalue weighted by Gasteiger charge is -2.22. The number of pyridine rings is 1. The standard InChI is InChI=1S/C12H17NO2/c1-12(2)7-6-10(15-12)11(14)9-5-3-4-8-13-9/h3-5,8,10-11,14H,6-7H2,1-2H3. The van der Waals surface area contributed by atoms with Gasteiger partial charge in [-0.3, -0.25) is 4.98 Å².